The molecule has 8 nitrogen and oxygen atoms in total. The van der Waals surface area contributed by atoms with Crippen LogP contribution in [0.15, 0.2) is 54.6 Å². The summed E-state index contributed by atoms with van der Waals surface area (Å²) in [7, 11) is 5.42. The number of amides is 3. The summed E-state index contributed by atoms with van der Waals surface area (Å²) in [5, 5.41) is 2.69. The molecule has 0 aliphatic carbocycles. The number of piperidine rings is 1. The first-order valence-corrected chi connectivity index (χ1v) is 10.6. The van der Waals surface area contributed by atoms with E-state index in [0.717, 1.165) is 23.4 Å². The molecule has 3 rings (SSSR count). The van der Waals surface area contributed by atoms with Crippen molar-refractivity contribution in [3.05, 3.63) is 60.2 Å². The van der Waals surface area contributed by atoms with E-state index in [2.05, 4.69) is 5.32 Å². The lowest BCUT2D eigenvalue weighted by molar-refractivity contribution is -0.121. The third-order valence-electron chi connectivity index (χ3n) is 5.32. The molecule has 0 bridgehead atoms. The minimum atomic E-state index is -0.629. The summed E-state index contributed by atoms with van der Waals surface area (Å²) in [5.74, 6) is -0.187. The monoisotopic (exact) mass is 438 g/mol. The lowest BCUT2D eigenvalue weighted by atomic mass is 10.0. The maximum atomic E-state index is 13.0. The zero-order chi connectivity index (χ0) is 23.1. The molecule has 2 aromatic rings. The first kappa shape index (κ1) is 23.3. The normalized spacial score (nSPS) is 16.1. The summed E-state index contributed by atoms with van der Waals surface area (Å²) in [6, 6.07) is 16.0. The highest BCUT2D eigenvalue weighted by Crippen LogP contribution is 2.24. The Balaban J connectivity index is 1.58. The number of ether oxygens (including phenoxy) is 1. The van der Waals surface area contributed by atoms with Crippen LogP contribution in [0.2, 0.25) is 0 Å². The molecule has 1 heterocycles. The molecule has 1 saturated heterocycles. The van der Waals surface area contributed by atoms with E-state index in [1.807, 2.05) is 73.6 Å². The largest absolute Gasteiger partial charge is 0.445 e. The Labute approximate surface area is 188 Å². The molecule has 1 aliphatic heterocycles. The van der Waals surface area contributed by atoms with Gasteiger partial charge in [-0.25, -0.2) is 4.79 Å². The summed E-state index contributed by atoms with van der Waals surface area (Å²) in [5.41, 5.74) is 2.37. The van der Waals surface area contributed by atoms with Gasteiger partial charge in [-0.2, -0.15) is 0 Å². The van der Waals surface area contributed by atoms with Crippen LogP contribution in [0.5, 0.6) is 0 Å². The third kappa shape index (κ3) is 6.07. The summed E-state index contributed by atoms with van der Waals surface area (Å²) in [6.45, 7) is 1.04. The smallest absolute Gasteiger partial charge is 0.408 e. The average molecular weight is 439 g/mol. The Bertz CT molecular complexity index is 931. The van der Waals surface area contributed by atoms with Crippen molar-refractivity contribution < 1.29 is 19.1 Å². The second-order valence-electron chi connectivity index (χ2n) is 8.10. The number of nitrogens with zero attached hydrogens (tertiary/aromatic N) is 3. The fraction of sp³-hybridized carbons (Fsp3) is 0.375. The van der Waals surface area contributed by atoms with Crippen molar-refractivity contribution in [2.75, 3.05) is 44.0 Å². The van der Waals surface area contributed by atoms with Crippen LogP contribution in [0.25, 0.3) is 0 Å². The summed E-state index contributed by atoms with van der Waals surface area (Å²) >= 11 is 0. The summed E-state index contributed by atoms with van der Waals surface area (Å²) in [6.07, 6.45) is 0.721. The maximum absolute atomic E-state index is 13.0. The fourth-order valence-electron chi connectivity index (χ4n) is 3.55. The van der Waals surface area contributed by atoms with E-state index >= 15 is 0 Å². The van der Waals surface area contributed by atoms with Gasteiger partial charge in [0.15, 0.2) is 0 Å². The Kier molecular flexibility index (Phi) is 7.83. The second-order valence-corrected chi connectivity index (χ2v) is 8.10. The Morgan fingerprint density at radius 3 is 2.41 bits per heavy atom. The van der Waals surface area contributed by atoms with E-state index in [4.69, 9.17) is 4.74 Å². The number of carbonyl (C=O) groups is 3. The topological polar surface area (TPSA) is 82.2 Å². The van der Waals surface area contributed by atoms with Crippen molar-refractivity contribution in [3.63, 3.8) is 0 Å². The minimum absolute atomic E-state index is 0.0184. The minimum Gasteiger partial charge on any atom is -0.445 e. The van der Waals surface area contributed by atoms with E-state index in [0.29, 0.717) is 19.5 Å². The number of hydrogen-bond acceptors (Lipinski definition) is 5. The standard InChI is InChI=1S/C24H30N4O4/c1-26(2)16-22(29)27(3)19-11-13-20(14-12-19)28-15-7-10-21(23(28)30)25-24(31)32-17-18-8-5-4-6-9-18/h4-6,8-9,11-14,21H,7,10,15-17H2,1-3H3,(H,25,31). The summed E-state index contributed by atoms with van der Waals surface area (Å²) < 4.78 is 5.25. The van der Waals surface area contributed by atoms with Crippen LogP contribution in [0, 0.1) is 0 Å². The van der Waals surface area contributed by atoms with E-state index in [1.165, 1.54) is 0 Å². The van der Waals surface area contributed by atoms with Crippen LogP contribution < -0.4 is 15.1 Å². The predicted octanol–water partition coefficient (Wildman–Crippen LogP) is 2.63. The van der Waals surface area contributed by atoms with Gasteiger partial charge in [0, 0.05) is 25.0 Å². The van der Waals surface area contributed by atoms with Gasteiger partial charge in [0.05, 0.1) is 6.54 Å². The second kappa shape index (κ2) is 10.8. The van der Waals surface area contributed by atoms with E-state index < -0.39 is 12.1 Å². The molecule has 8 heteroatoms. The summed E-state index contributed by atoms with van der Waals surface area (Å²) in [4.78, 5) is 42.5. The number of anilines is 2. The van der Waals surface area contributed by atoms with Gasteiger partial charge in [-0.3, -0.25) is 9.59 Å². The van der Waals surface area contributed by atoms with Crippen molar-refractivity contribution in [2.45, 2.75) is 25.5 Å². The molecule has 1 atom stereocenters. The van der Waals surface area contributed by atoms with E-state index in [1.54, 1.807) is 16.8 Å². The first-order valence-electron chi connectivity index (χ1n) is 10.6. The predicted molar refractivity (Wildman–Crippen MR) is 124 cm³/mol. The van der Waals surface area contributed by atoms with Crippen molar-refractivity contribution in [2.24, 2.45) is 0 Å². The van der Waals surface area contributed by atoms with Gasteiger partial charge < -0.3 is 24.8 Å². The molecule has 0 radical (unpaired) electrons. The van der Waals surface area contributed by atoms with Gasteiger partial charge >= 0.3 is 6.09 Å². The number of carbonyl (C=O) groups excluding carboxylic acids is 3. The Morgan fingerprint density at radius 2 is 1.75 bits per heavy atom. The molecular weight excluding hydrogens is 408 g/mol. The van der Waals surface area contributed by atoms with Crippen LogP contribution in [-0.2, 0) is 20.9 Å². The van der Waals surface area contributed by atoms with Gasteiger partial charge in [-0.05, 0) is 56.8 Å². The molecule has 0 spiro atoms. The molecule has 1 fully saturated rings. The Hall–Kier alpha value is -3.39. The van der Waals surface area contributed by atoms with Crippen LogP contribution in [0.4, 0.5) is 16.2 Å². The number of benzene rings is 2. The average Bonchev–Trinajstić information content (AvgIpc) is 2.79. The number of likely N-dealkylation sites (N-methyl/N-ethyl adjacent to an activating group) is 2. The molecule has 0 saturated carbocycles. The maximum Gasteiger partial charge on any atom is 0.408 e. The SMILES string of the molecule is CN(C)CC(=O)N(C)c1ccc(N2CCCC(NC(=O)OCc3ccccc3)C2=O)cc1. The zero-order valence-electron chi connectivity index (χ0n) is 18.8. The number of rotatable bonds is 7. The third-order valence-corrected chi connectivity index (χ3v) is 5.32. The fourth-order valence-corrected chi connectivity index (χ4v) is 3.55. The number of hydrogen-bond donors (Lipinski definition) is 1. The molecule has 0 aromatic heterocycles. The number of alkyl carbamates (subject to hydrolysis) is 1. The lowest BCUT2D eigenvalue weighted by Gasteiger charge is -2.32. The highest BCUT2D eigenvalue weighted by Gasteiger charge is 2.31. The number of nitrogens with one attached hydrogen (secondary N) is 1. The molecule has 1 aliphatic rings. The van der Waals surface area contributed by atoms with Gasteiger partial charge in [-0.1, -0.05) is 30.3 Å². The van der Waals surface area contributed by atoms with Gasteiger partial charge in [0.25, 0.3) is 0 Å². The van der Waals surface area contributed by atoms with Crippen molar-refractivity contribution in [3.8, 4) is 0 Å². The Morgan fingerprint density at radius 1 is 1.06 bits per heavy atom. The molecule has 32 heavy (non-hydrogen) atoms. The van der Waals surface area contributed by atoms with Crippen LogP contribution in [0.3, 0.4) is 0 Å². The molecule has 170 valence electrons. The molecule has 3 amide bonds. The zero-order valence-corrected chi connectivity index (χ0v) is 18.8. The molecular formula is C24H30N4O4. The highest BCUT2D eigenvalue weighted by atomic mass is 16.5. The quantitative estimate of drug-likeness (QED) is 0.719. The van der Waals surface area contributed by atoms with Crippen molar-refractivity contribution in [1.82, 2.24) is 10.2 Å². The molecule has 1 unspecified atom stereocenters. The van der Waals surface area contributed by atoms with Gasteiger partial charge in [0.2, 0.25) is 11.8 Å². The highest BCUT2D eigenvalue weighted by molar-refractivity contribution is 6.00. The van der Waals surface area contributed by atoms with Gasteiger partial charge in [-0.15, -0.1) is 0 Å². The lowest BCUT2D eigenvalue weighted by Crippen LogP contribution is -2.52. The van der Waals surface area contributed by atoms with Crippen LogP contribution >= 0.6 is 0 Å². The van der Waals surface area contributed by atoms with Gasteiger partial charge in [0.1, 0.15) is 12.6 Å². The van der Waals surface area contributed by atoms with Crippen molar-refractivity contribution in [1.29, 1.82) is 0 Å². The first-order chi connectivity index (χ1) is 15.3. The van der Waals surface area contributed by atoms with Crippen LogP contribution in [-0.4, -0.2) is 63.1 Å². The van der Waals surface area contributed by atoms with Crippen LogP contribution in [0.1, 0.15) is 18.4 Å². The molecule has 2 aromatic carbocycles. The van der Waals surface area contributed by atoms with E-state index in [9.17, 15) is 14.4 Å². The van der Waals surface area contributed by atoms with E-state index in [-0.39, 0.29) is 18.4 Å². The molecule has 1 N–H and O–H groups in total. The van der Waals surface area contributed by atoms with Crippen molar-refractivity contribution >= 4 is 29.3 Å².